The lowest BCUT2D eigenvalue weighted by Crippen LogP contribution is -2.53. The van der Waals surface area contributed by atoms with Crippen molar-refractivity contribution in [1.82, 2.24) is 16.0 Å². The van der Waals surface area contributed by atoms with Gasteiger partial charge in [-0.15, -0.1) is 0 Å². The summed E-state index contributed by atoms with van der Waals surface area (Å²) in [6.07, 6.45) is -0.242. The van der Waals surface area contributed by atoms with E-state index < -0.39 is 42.5 Å². The van der Waals surface area contributed by atoms with Crippen LogP contribution in [0.4, 0.5) is 0 Å². The Balaban J connectivity index is 2.04. The van der Waals surface area contributed by atoms with Crippen molar-refractivity contribution in [3.05, 3.63) is 29.8 Å². The van der Waals surface area contributed by atoms with Crippen LogP contribution >= 0.6 is 0 Å². The van der Waals surface area contributed by atoms with Crippen molar-refractivity contribution >= 4 is 17.8 Å². The number of rotatable bonds is 7. The Morgan fingerprint density at radius 3 is 2.48 bits per heavy atom. The van der Waals surface area contributed by atoms with Gasteiger partial charge in [-0.2, -0.15) is 0 Å². The Bertz CT molecular complexity index is 633. The fraction of sp³-hybridized carbons (Fsp3) is 0.438. The molecule has 3 atom stereocenters. The molecule has 1 aromatic carbocycles. The number of aromatic hydroxyl groups is 1. The molecule has 0 aliphatic carbocycles. The van der Waals surface area contributed by atoms with Gasteiger partial charge in [0.1, 0.15) is 18.3 Å². The smallest absolute Gasteiger partial charge is 0.322 e. The third-order valence-corrected chi connectivity index (χ3v) is 3.85. The summed E-state index contributed by atoms with van der Waals surface area (Å²) in [5.41, 5.74) is 0.688. The van der Waals surface area contributed by atoms with Crippen molar-refractivity contribution in [3.8, 4) is 5.75 Å². The van der Waals surface area contributed by atoms with Gasteiger partial charge < -0.3 is 31.3 Å². The second kappa shape index (κ2) is 8.45. The number of phenols is 1. The van der Waals surface area contributed by atoms with E-state index in [-0.39, 0.29) is 18.6 Å². The fourth-order valence-electron chi connectivity index (χ4n) is 2.55. The number of aliphatic hydroxyl groups is 1. The molecular weight excluding hydrogens is 330 g/mol. The van der Waals surface area contributed by atoms with E-state index in [0.717, 1.165) is 0 Å². The van der Waals surface area contributed by atoms with E-state index in [1.54, 1.807) is 12.1 Å². The molecule has 6 N–H and O–H groups in total. The van der Waals surface area contributed by atoms with Crippen LogP contribution in [0.25, 0.3) is 0 Å². The summed E-state index contributed by atoms with van der Waals surface area (Å²) in [7, 11) is 0. The van der Waals surface area contributed by atoms with Gasteiger partial charge in [0.15, 0.2) is 0 Å². The van der Waals surface area contributed by atoms with Crippen molar-refractivity contribution < 1.29 is 29.7 Å². The highest BCUT2D eigenvalue weighted by molar-refractivity contribution is 5.91. The van der Waals surface area contributed by atoms with Crippen LogP contribution in [0.15, 0.2) is 24.3 Å². The number of carboxylic acids is 1. The largest absolute Gasteiger partial charge is 0.508 e. The summed E-state index contributed by atoms with van der Waals surface area (Å²) >= 11 is 0. The van der Waals surface area contributed by atoms with Crippen molar-refractivity contribution in [2.75, 3.05) is 13.1 Å². The summed E-state index contributed by atoms with van der Waals surface area (Å²) < 4.78 is 0. The van der Waals surface area contributed by atoms with E-state index in [0.29, 0.717) is 12.1 Å². The predicted molar refractivity (Wildman–Crippen MR) is 86.8 cm³/mol. The molecule has 1 saturated heterocycles. The van der Waals surface area contributed by atoms with Crippen LogP contribution in [0.2, 0.25) is 0 Å². The molecule has 0 radical (unpaired) electrons. The van der Waals surface area contributed by atoms with Gasteiger partial charge >= 0.3 is 5.97 Å². The first-order valence-corrected chi connectivity index (χ1v) is 7.84. The molecule has 1 aromatic rings. The monoisotopic (exact) mass is 351 g/mol. The number of aliphatic hydroxyl groups excluding tert-OH is 1. The lowest BCUT2D eigenvalue weighted by molar-refractivity contribution is -0.138. The zero-order valence-corrected chi connectivity index (χ0v) is 13.4. The van der Waals surface area contributed by atoms with Crippen LogP contribution in [-0.2, 0) is 20.8 Å². The van der Waals surface area contributed by atoms with Gasteiger partial charge in [-0.05, 0) is 24.1 Å². The topological polar surface area (TPSA) is 148 Å². The molecule has 136 valence electrons. The van der Waals surface area contributed by atoms with Crippen molar-refractivity contribution in [1.29, 1.82) is 0 Å². The van der Waals surface area contributed by atoms with E-state index in [1.165, 1.54) is 12.1 Å². The van der Waals surface area contributed by atoms with Crippen LogP contribution in [0.1, 0.15) is 12.0 Å². The van der Waals surface area contributed by atoms with Crippen LogP contribution < -0.4 is 16.0 Å². The van der Waals surface area contributed by atoms with Gasteiger partial charge in [0.05, 0.1) is 12.1 Å². The number of carbonyl (C=O) groups excluding carboxylic acids is 2. The van der Waals surface area contributed by atoms with Gasteiger partial charge in [0.25, 0.3) is 0 Å². The molecule has 0 aromatic heterocycles. The Morgan fingerprint density at radius 1 is 1.24 bits per heavy atom. The third-order valence-electron chi connectivity index (χ3n) is 3.85. The Kier molecular flexibility index (Phi) is 6.31. The van der Waals surface area contributed by atoms with Crippen molar-refractivity contribution in [2.45, 2.75) is 31.0 Å². The molecule has 1 fully saturated rings. The second-order valence-corrected chi connectivity index (χ2v) is 5.89. The number of hydrogen-bond acceptors (Lipinski definition) is 6. The molecule has 0 bridgehead atoms. The Hall–Kier alpha value is -2.65. The van der Waals surface area contributed by atoms with Gasteiger partial charge in [0, 0.05) is 13.0 Å². The minimum Gasteiger partial charge on any atom is -0.508 e. The first-order chi connectivity index (χ1) is 11.8. The number of carboxylic acid groups (broad SMARTS) is 1. The first kappa shape index (κ1) is 18.7. The number of phenolic OH excluding ortho intramolecular Hbond substituents is 1. The summed E-state index contributed by atoms with van der Waals surface area (Å²) in [5, 5.41) is 35.2. The lowest BCUT2D eigenvalue weighted by atomic mass is 10.0. The number of benzene rings is 1. The number of hydrogen-bond donors (Lipinski definition) is 6. The van der Waals surface area contributed by atoms with Crippen LogP contribution in [0.3, 0.4) is 0 Å². The van der Waals surface area contributed by atoms with Crippen LogP contribution in [0.5, 0.6) is 5.75 Å². The highest BCUT2D eigenvalue weighted by atomic mass is 16.4. The van der Waals surface area contributed by atoms with Crippen molar-refractivity contribution in [3.63, 3.8) is 0 Å². The quantitative estimate of drug-likeness (QED) is 0.344. The maximum Gasteiger partial charge on any atom is 0.322 e. The van der Waals surface area contributed by atoms with E-state index in [2.05, 4.69) is 16.0 Å². The lowest BCUT2D eigenvalue weighted by Gasteiger charge is -2.20. The van der Waals surface area contributed by atoms with Crippen LogP contribution in [0, 0.1) is 0 Å². The molecule has 9 heteroatoms. The van der Waals surface area contributed by atoms with E-state index in [1.807, 2.05) is 0 Å². The first-order valence-electron chi connectivity index (χ1n) is 7.84. The van der Waals surface area contributed by atoms with E-state index >= 15 is 0 Å². The second-order valence-electron chi connectivity index (χ2n) is 5.89. The normalized spacial score (nSPS) is 20.7. The third kappa shape index (κ3) is 5.73. The molecule has 0 unspecified atom stereocenters. The number of carbonyl (C=O) groups is 3. The SMILES string of the molecule is O=C(O)CNC(=O)[C@H](Cc1ccc(O)cc1)NC(=O)[C@@H]1C[C@@H](O)CN1. The molecule has 1 aliphatic heterocycles. The standard InChI is InChI=1S/C16H21N3O6/c20-10-3-1-9(2-4-10)5-13(15(24)18-8-14(22)23)19-16(25)12-6-11(21)7-17-12/h1-4,11-13,17,20-21H,5-8H2,(H,18,24)(H,19,25)(H,22,23)/t11-,12+,13+/m1/s1. The maximum absolute atomic E-state index is 12.3. The highest BCUT2D eigenvalue weighted by Gasteiger charge is 2.31. The average molecular weight is 351 g/mol. The molecule has 1 heterocycles. The zero-order valence-electron chi connectivity index (χ0n) is 13.4. The average Bonchev–Trinajstić information content (AvgIpc) is 3.00. The number of aliphatic carboxylic acids is 1. The molecular formula is C16H21N3O6. The molecule has 0 saturated carbocycles. The highest BCUT2D eigenvalue weighted by Crippen LogP contribution is 2.12. The molecule has 1 aliphatic rings. The molecule has 2 rings (SSSR count). The van der Waals surface area contributed by atoms with Crippen molar-refractivity contribution in [2.24, 2.45) is 0 Å². The Morgan fingerprint density at radius 2 is 1.92 bits per heavy atom. The molecule has 25 heavy (non-hydrogen) atoms. The number of β-amino-alcohol motifs (C(OH)–C–C–N with tert-alkyl or cyclic N) is 1. The number of amides is 2. The zero-order chi connectivity index (χ0) is 18.4. The van der Waals surface area contributed by atoms with Gasteiger partial charge in [-0.1, -0.05) is 12.1 Å². The predicted octanol–water partition coefficient (Wildman–Crippen LogP) is -1.66. The van der Waals surface area contributed by atoms with E-state index in [9.17, 15) is 24.6 Å². The van der Waals surface area contributed by atoms with Gasteiger partial charge in [0.2, 0.25) is 11.8 Å². The summed E-state index contributed by atoms with van der Waals surface area (Å²) in [6, 6.07) is 4.55. The van der Waals surface area contributed by atoms with E-state index in [4.69, 9.17) is 5.11 Å². The van der Waals surface area contributed by atoms with Crippen LogP contribution in [-0.4, -0.2) is 64.4 Å². The summed E-state index contributed by atoms with van der Waals surface area (Å²) in [4.78, 5) is 35.1. The minimum absolute atomic E-state index is 0.0730. The molecule has 9 nitrogen and oxygen atoms in total. The maximum atomic E-state index is 12.3. The summed E-state index contributed by atoms with van der Waals surface area (Å²) in [5.74, 6) is -2.18. The molecule has 2 amide bonds. The Labute approximate surface area is 144 Å². The molecule has 0 spiro atoms. The number of nitrogens with one attached hydrogen (secondary N) is 3. The van der Waals surface area contributed by atoms with Gasteiger partial charge in [-0.3, -0.25) is 14.4 Å². The summed E-state index contributed by atoms with van der Waals surface area (Å²) in [6.45, 7) is -0.257. The minimum atomic E-state index is -1.19. The van der Waals surface area contributed by atoms with Gasteiger partial charge in [-0.25, -0.2) is 0 Å². The fourth-order valence-corrected chi connectivity index (χ4v) is 2.55.